The van der Waals surface area contributed by atoms with Gasteiger partial charge >= 0.3 is 0 Å². The summed E-state index contributed by atoms with van der Waals surface area (Å²) in [7, 11) is 0. The lowest BCUT2D eigenvalue weighted by atomic mass is 10.1. The molecule has 0 saturated carbocycles. The molecule has 0 amide bonds. The number of rotatable bonds is 5. The summed E-state index contributed by atoms with van der Waals surface area (Å²) in [5, 5.41) is 20.3. The van der Waals surface area contributed by atoms with Crippen molar-refractivity contribution in [2.75, 3.05) is 24.3 Å². The highest BCUT2D eigenvalue weighted by molar-refractivity contribution is 5.59. The lowest BCUT2D eigenvalue weighted by Gasteiger charge is -2.18. The smallest absolute Gasteiger partial charge is 0.265 e. The van der Waals surface area contributed by atoms with Gasteiger partial charge in [0.05, 0.1) is 19.3 Å². The maximum absolute atomic E-state index is 12.6. The largest absolute Gasteiger partial charge is 0.399 e. The maximum Gasteiger partial charge on any atom is 0.265 e. The van der Waals surface area contributed by atoms with E-state index in [9.17, 15) is 8.78 Å². The molecule has 0 saturated heterocycles. The Hall–Kier alpha value is -1.40. The Balaban J connectivity index is 2.94. The lowest BCUT2D eigenvalue weighted by molar-refractivity contribution is 0.151. The van der Waals surface area contributed by atoms with Crippen LogP contribution < -0.4 is 11.1 Å². The van der Waals surface area contributed by atoms with Crippen molar-refractivity contribution in [3.63, 3.8) is 0 Å². The van der Waals surface area contributed by atoms with Gasteiger partial charge in [0, 0.05) is 16.9 Å². The van der Waals surface area contributed by atoms with Crippen LogP contribution >= 0.6 is 0 Å². The molecule has 0 aliphatic heterocycles. The molecule has 0 unspecified atom stereocenters. The van der Waals surface area contributed by atoms with E-state index in [0.29, 0.717) is 0 Å². The molecule has 4 nitrogen and oxygen atoms in total. The molecule has 0 atom stereocenters. The topological polar surface area (TPSA) is 78.5 Å². The van der Waals surface area contributed by atoms with Crippen LogP contribution in [-0.2, 0) is 0 Å². The van der Waals surface area contributed by atoms with Gasteiger partial charge in [0.15, 0.2) is 0 Å². The van der Waals surface area contributed by atoms with Gasteiger partial charge in [-0.05, 0) is 18.2 Å². The van der Waals surface area contributed by atoms with Crippen molar-refractivity contribution >= 4 is 11.4 Å². The van der Waals surface area contributed by atoms with Crippen molar-refractivity contribution in [3.8, 4) is 0 Å². The van der Waals surface area contributed by atoms with E-state index in [1.807, 2.05) is 0 Å². The second kappa shape index (κ2) is 5.62. The summed E-state index contributed by atoms with van der Waals surface area (Å²) >= 11 is 0. The fraction of sp³-hybridized carbons (Fsp3) is 0.400. The third-order valence-corrected chi connectivity index (χ3v) is 2.11. The zero-order valence-corrected chi connectivity index (χ0v) is 8.53. The molecular formula is C10H14F2N2O2. The molecule has 1 aromatic carbocycles. The molecule has 0 aliphatic carbocycles. The summed E-state index contributed by atoms with van der Waals surface area (Å²) < 4.78 is 25.3. The highest BCUT2D eigenvalue weighted by Gasteiger charge is 2.15. The van der Waals surface area contributed by atoms with Crippen LogP contribution in [0.5, 0.6) is 0 Å². The predicted octanol–water partition coefficient (Wildman–Crippen LogP) is 0.972. The number of anilines is 2. The molecule has 5 N–H and O–H groups in total. The average molecular weight is 232 g/mol. The van der Waals surface area contributed by atoms with Crippen LogP contribution in [0.3, 0.4) is 0 Å². The molecule has 90 valence electrons. The van der Waals surface area contributed by atoms with Crippen molar-refractivity contribution in [2.24, 2.45) is 0 Å². The van der Waals surface area contributed by atoms with Gasteiger partial charge in [-0.15, -0.1) is 0 Å². The Bertz CT molecular complexity index is 344. The van der Waals surface area contributed by atoms with E-state index in [0.717, 1.165) is 0 Å². The van der Waals surface area contributed by atoms with Gasteiger partial charge in [0.2, 0.25) is 0 Å². The number of benzene rings is 1. The molecular weight excluding hydrogens is 218 g/mol. The molecule has 0 aliphatic rings. The molecule has 0 radical (unpaired) electrons. The first kappa shape index (κ1) is 12.7. The van der Waals surface area contributed by atoms with Gasteiger partial charge in [-0.2, -0.15) is 0 Å². The quantitative estimate of drug-likeness (QED) is 0.570. The summed E-state index contributed by atoms with van der Waals surface area (Å²) in [6.45, 7) is -0.687. The highest BCUT2D eigenvalue weighted by Crippen LogP contribution is 2.29. The standard InChI is InChI=1S/C10H14F2N2O2/c11-10(12)8-3-6(13)1-2-9(8)14-7(4-15)5-16/h1-3,7,10,14-16H,4-5,13H2. The van der Waals surface area contributed by atoms with Crippen LogP contribution in [0.25, 0.3) is 0 Å². The second-order valence-electron chi connectivity index (χ2n) is 3.35. The number of hydrogen-bond donors (Lipinski definition) is 4. The molecule has 0 fully saturated rings. The molecule has 0 spiro atoms. The first-order valence-electron chi connectivity index (χ1n) is 4.74. The number of hydrogen-bond acceptors (Lipinski definition) is 4. The minimum absolute atomic E-state index is 0.164. The SMILES string of the molecule is Nc1ccc(NC(CO)CO)c(C(F)F)c1. The Kier molecular flexibility index (Phi) is 4.45. The van der Waals surface area contributed by atoms with E-state index in [1.54, 1.807) is 0 Å². The maximum atomic E-state index is 12.6. The molecule has 0 aromatic heterocycles. The van der Waals surface area contributed by atoms with Crippen molar-refractivity contribution in [1.29, 1.82) is 0 Å². The Labute approximate surface area is 91.7 Å². The normalized spacial score (nSPS) is 11.1. The second-order valence-corrected chi connectivity index (χ2v) is 3.35. The number of nitrogens with one attached hydrogen (secondary N) is 1. The summed E-state index contributed by atoms with van der Waals surface area (Å²) in [5.41, 5.74) is 5.56. The molecule has 0 heterocycles. The zero-order chi connectivity index (χ0) is 12.1. The molecule has 6 heteroatoms. The molecule has 1 aromatic rings. The van der Waals surface area contributed by atoms with Crippen LogP contribution in [0.2, 0.25) is 0 Å². The van der Waals surface area contributed by atoms with Gasteiger partial charge in [-0.1, -0.05) is 0 Å². The van der Waals surface area contributed by atoms with Gasteiger partial charge in [-0.3, -0.25) is 0 Å². The number of nitrogens with two attached hydrogens (primary N) is 1. The monoisotopic (exact) mass is 232 g/mol. The third kappa shape index (κ3) is 3.04. The number of alkyl halides is 2. The van der Waals surface area contributed by atoms with E-state index >= 15 is 0 Å². The molecule has 16 heavy (non-hydrogen) atoms. The van der Waals surface area contributed by atoms with Crippen molar-refractivity contribution in [1.82, 2.24) is 0 Å². The van der Waals surface area contributed by atoms with E-state index in [2.05, 4.69) is 5.32 Å². The van der Waals surface area contributed by atoms with Gasteiger partial charge < -0.3 is 21.3 Å². The fourth-order valence-electron chi connectivity index (χ4n) is 1.26. The van der Waals surface area contributed by atoms with E-state index in [1.165, 1.54) is 18.2 Å². The fourth-order valence-corrected chi connectivity index (χ4v) is 1.26. The molecule has 0 bridgehead atoms. The number of aliphatic hydroxyl groups excluding tert-OH is 2. The Morgan fingerprint density at radius 2 is 1.88 bits per heavy atom. The number of halogens is 2. The van der Waals surface area contributed by atoms with E-state index < -0.39 is 12.5 Å². The molecule has 1 rings (SSSR count). The zero-order valence-electron chi connectivity index (χ0n) is 8.53. The highest BCUT2D eigenvalue weighted by atomic mass is 19.3. The van der Waals surface area contributed by atoms with Crippen LogP contribution in [0.15, 0.2) is 18.2 Å². The Morgan fingerprint density at radius 3 is 2.38 bits per heavy atom. The minimum Gasteiger partial charge on any atom is -0.399 e. The van der Waals surface area contributed by atoms with Gasteiger partial charge in [0.1, 0.15) is 0 Å². The number of aliphatic hydroxyl groups is 2. The average Bonchev–Trinajstić information content (AvgIpc) is 2.27. The lowest BCUT2D eigenvalue weighted by Crippen LogP contribution is -2.28. The first-order chi connectivity index (χ1) is 7.58. The summed E-state index contributed by atoms with van der Waals surface area (Å²) in [4.78, 5) is 0. The van der Waals surface area contributed by atoms with Crippen LogP contribution in [0.1, 0.15) is 12.0 Å². The minimum atomic E-state index is -2.66. The summed E-state index contributed by atoms with van der Waals surface area (Å²) in [6.07, 6.45) is -2.66. The predicted molar refractivity (Wildman–Crippen MR) is 57.4 cm³/mol. The van der Waals surface area contributed by atoms with Gasteiger partial charge in [0.25, 0.3) is 6.43 Å². The third-order valence-electron chi connectivity index (χ3n) is 2.11. The van der Waals surface area contributed by atoms with E-state index in [4.69, 9.17) is 15.9 Å². The van der Waals surface area contributed by atoms with Crippen molar-refractivity contribution < 1.29 is 19.0 Å². The first-order valence-corrected chi connectivity index (χ1v) is 4.74. The van der Waals surface area contributed by atoms with Crippen molar-refractivity contribution in [2.45, 2.75) is 12.5 Å². The number of nitrogen functional groups attached to an aromatic ring is 1. The summed E-state index contributed by atoms with van der Waals surface area (Å²) in [6, 6.07) is 3.37. The van der Waals surface area contributed by atoms with Crippen molar-refractivity contribution in [3.05, 3.63) is 23.8 Å². The van der Waals surface area contributed by atoms with Crippen LogP contribution in [-0.4, -0.2) is 29.5 Å². The van der Waals surface area contributed by atoms with Crippen LogP contribution in [0, 0.1) is 0 Å². The van der Waals surface area contributed by atoms with E-state index in [-0.39, 0.29) is 30.2 Å². The Morgan fingerprint density at radius 1 is 1.25 bits per heavy atom. The van der Waals surface area contributed by atoms with Crippen LogP contribution in [0.4, 0.5) is 20.2 Å². The summed E-state index contributed by atoms with van der Waals surface area (Å²) in [5.74, 6) is 0. The van der Waals surface area contributed by atoms with Gasteiger partial charge in [-0.25, -0.2) is 8.78 Å².